The van der Waals surface area contributed by atoms with Crippen LogP contribution in [0, 0.1) is 5.92 Å². The Morgan fingerprint density at radius 3 is 2.90 bits per heavy atom. The van der Waals surface area contributed by atoms with E-state index in [-0.39, 0.29) is 5.91 Å². The molecule has 1 aromatic rings. The molecule has 0 radical (unpaired) electrons. The van der Waals surface area contributed by atoms with Crippen molar-refractivity contribution in [3.05, 3.63) is 11.9 Å². The quantitative estimate of drug-likeness (QED) is 0.898. The smallest absolute Gasteiger partial charge is 0.276 e. The van der Waals surface area contributed by atoms with E-state index in [2.05, 4.69) is 22.6 Å². The first-order valence-corrected chi connectivity index (χ1v) is 7.69. The number of aromatic nitrogens is 3. The zero-order valence-corrected chi connectivity index (χ0v) is 12.1. The molecule has 2 saturated heterocycles. The summed E-state index contributed by atoms with van der Waals surface area (Å²) < 4.78 is 1.88. The average molecular weight is 277 g/mol. The van der Waals surface area contributed by atoms with Crippen molar-refractivity contribution >= 4 is 5.91 Å². The minimum atomic E-state index is 0.0427. The lowest BCUT2D eigenvalue weighted by Gasteiger charge is -2.22. The highest BCUT2D eigenvalue weighted by molar-refractivity contribution is 5.92. The first-order chi connectivity index (χ1) is 9.78. The van der Waals surface area contributed by atoms with Gasteiger partial charge in [0.25, 0.3) is 5.91 Å². The number of likely N-dealkylation sites (tertiary alicyclic amines) is 1. The number of rotatable bonds is 3. The molecular formula is C14H23N5O. The van der Waals surface area contributed by atoms with Crippen molar-refractivity contribution < 1.29 is 4.79 Å². The van der Waals surface area contributed by atoms with Crippen molar-refractivity contribution in [1.29, 1.82) is 0 Å². The fraction of sp³-hybridized carbons (Fsp3) is 0.786. The Labute approximate surface area is 119 Å². The van der Waals surface area contributed by atoms with Crippen molar-refractivity contribution in [2.45, 2.75) is 38.6 Å². The summed E-state index contributed by atoms with van der Waals surface area (Å²) in [6.07, 6.45) is 6.20. The van der Waals surface area contributed by atoms with Gasteiger partial charge in [-0.2, -0.15) is 0 Å². The summed E-state index contributed by atoms with van der Waals surface area (Å²) in [7, 11) is 0. The van der Waals surface area contributed by atoms with Gasteiger partial charge in [0.1, 0.15) is 0 Å². The molecule has 110 valence electrons. The number of hydrogen-bond acceptors (Lipinski definition) is 4. The van der Waals surface area contributed by atoms with Crippen LogP contribution in [0.1, 0.15) is 49.1 Å². The number of amides is 1. The van der Waals surface area contributed by atoms with Crippen LogP contribution in [0.25, 0.3) is 0 Å². The van der Waals surface area contributed by atoms with E-state index in [9.17, 15) is 4.79 Å². The van der Waals surface area contributed by atoms with Gasteiger partial charge in [-0.15, -0.1) is 5.10 Å². The maximum atomic E-state index is 12.4. The number of nitrogens with one attached hydrogen (secondary N) is 1. The largest absolute Gasteiger partial charge is 0.337 e. The van der Waals surface area contributed by atoms with Crippen LogP contribution >= 0.6 is 0 Å². The Kier molecular flexibility index (Phi) is 4.00. The van der Waals surface area contributed by atoms with Gasteiger partial charge in [-0.1, -0.05) is 18.6 Å². The Morgan fingerprint density at radius 2 is 2.20 bits per heavy atom. The highest BCUT2D eigenvalue weighted by Crippen LogP contribution is 2.21. The molecule has 0 aliphatic carbocycles. The molecule has 2 aliphatic heterocycles. The highest BCUT2D eigenvalue weighted by atomic mass is 16.2. The molecule has 1 amide bonds. The predicted octanol–water partition coefficient (Wildman–Crippen LogP) is 1.07. The van der Waals surface area contributed by atoms with Crippen LogP contribution in [-0.4, -0.2) is 52.0 Å². The zero-order chi connectivity index (χ0) is 13.9. The molecule has 0 aromatic carbocycles. The molecule has 6 nitrogen and oxygen atoms in total. The third-order valence-corrected chi connectivity index (χ3v) is 4.56. The molecule has 3 rings (SSSR count). The van der Waals surface area contributed by atoms with Gasteiger partial charge in [0.15, 0.2) is 5.69 Å². The van der Waals surface area contributed by atoms with Gasteiger partial charge in [0, 0.05) is 13.1 Å². The topological polar surface area (TPSA) is 63.1 Å². The summed E-state index contributed by atoms with van der Waals surface area (Å²) in [5, 5.41) is 11.6. The van der Waals surface area contributed by atoms with Crippen LogP contribution in [0.5, 0.6) is 0 Å². The molecule has 0 saturated carbocycles. The summed E-state index contributed by atoms with van der Waals surface area (Å²) in [6, 6.07) is 0.382. The lowest BCUT2D eigenvalue weighted by atomic mass is 10.1. The van der Waals surface area contributed by atoms with Crippen molar-refractivity contribution in [3.8, 4) is 0 Å². The van der Waals surface area contributed by atoms with Crippen molar-refractivity contribution in [1.82, 2.24) is 25.2 Å². The predicted molar refractivity (Wildman–Crippen MR) is 75.5 cm³/mol. The Balaban J connectivity index is 1.65. The van der Waals surface area contributed by atoms with Crippen molar-refractivity contribution in [3.63, 3.8) is 0 Å². The minimum Gasteiger partial charge on any atom is -0.337 e. The van der Waals surface area contributed by atoms with E-state index >= 15 is 0 Å². The standard InChI is InChI=1S/C14H23N5O/c1-2-11-5-8-18(9-11)14(20)13-10-19(17-16-13)12-3-6-15-7-4-12/h10-12,15H,2-9H2,1H3. The molecule has 1 N–H and O–H groups in total. The van der Waals surface area contributed by atoms with E-state index in [4.69, 9.17) is 0 Å². The second kappa shape index (κ2) is 5.91. The third-order valence-electron chi connectivity index (χ3n) is 4.56. The SMILES string of the molecule is CCC1CCN(C(=O)c2cn(C3CCNCC3)nn2)C1. The van der Waals surface area contributed by atoms with Crippen LogP contribution in [0.4, 0.5) is 0 Å². The number of hydrogen-bond donors (Lipinski definition) is 1. The number of piperidine rings is 1. The summed E-state index contributed by atoms with van der Waals surface area (Å²) >= 11 is 0. The zero-order valence-electron chi connectivity index (χ0n) is 12.1. The molecular weight excluding hydrogens is 254 g/mol. The normalized spacial score (nSPS) is 24.2. The van der Waals surface area contributed by atoms with Crippen molar-refractivity contribution in [2.24, 2.45) is 5.92 Å². The molecule has 20 heavy (non-hydrogen) atoms. The Hall–Kier alpha value is -1.43. The van der Waals surface area contributed by atoms with Gasteiger partial charge < -0.3 is 10.2 Å². The maximum Gasteiger partial charge on any atom is 0.276 e. The maximum absolute atomic E-state index is 12.4. The Morgan fingerprint density at radius 1 is 1.40 bits per heavy atom. The average Bonchev–Trinajstić information content (AvgIpc) is 3.17. The van der Waals surface area contributed by atoms with Gasteiger partial charge in [0.05, 0.1) is 12.2 Å². The van der Waals surface area contributed by atoms with Crippen LogP contribution in [0.15, 0.2) is 6.20 Å². The van der Waals surface area contributed by atoms with E-state index in [0.29, 0.717) is 17.7 Å². The highest BCUT2D eigenvalue weighted by Gasteiger charge is 2.28. The number of carbonyl (C=O) groups is 1. The second-order valence-electron chi connectivity index (χ2n) is 5.88. The molecule has 1 unspecified atom stereocenters. The fourth-order valence-corrected chi connectivity index (χ4v) is 3.14. The molecule has 3 heterocycles. The fourth-order valence-electron chi connectivity index (χ4n) is 3.14. The van der Waals surface area contributed by atoms with E-state index < -0.39 is 0 Å². The molecule has 6 heteroatoms. The van der Waals surface area contributed by atoms with Gasteiger partial charge in [0.2, 0.25) is 0 Å². The van der Waals surface area contributed by atoms with E-state index in [1.807, 2.05) is 15.8 Å². The monoisotopic (exact) mass is 277 g/mol. The summed E-state index contributed by atoms with van der Waals surface area (Å²) in [6.45, 7) is 5.94. The van der Waals surface area contributed by atoms with Gasteiger partial charge in [-0.3, -0.25) is 4.79 Å². The molecule has 0 spiro atoms. The summed E-state index contributed by atoms with van der Waals surface area (Å²) in [4.78, 5) is 14.3. The first-order valence-electron chi connectivity index (χ1n) is 7.69. The minimum absolute atomic E-state index is 0.0427. The molecule has 0 bridgehead atoms. The number of nitrogens with zero attached hydrogens (tertiary/aromatic N) is 4. The van der Waals surface area contributed by atoms with E-state index in [0.717, 1.165) is 51.9 Å². The molecule has 1 atom stereocenters. The van der Waals surface area contributed by atoms with E-state index in [1.165, 1.54) is 0 Å². The summed E-state index contributed by atoms with van der Waals surface area (Å²) in [5.74, 6) is 0.694. The van der Waals surface area contributed by atoms with Crippen LogP contribution in [0.2, 0.25) is 0 Å². The lowest BCUT2D eigenvalue weighted by molar-refractivity contribution is 0.0781. The molecule has 1 aromatic heterocycles. The van der Waals surface area contributed by atoms with Crippen LogP contribution in [-0.2, 0) is 0 Å². The first kappa shape index (κ1) is 13.5. The molecule has 2 aliphatic rings. The number of carbonyl (C=O) groups excluding carboxylic acids is 1. The second-order valence-corrected chi connectivity index (χ2v) is 5.88. The van der Waals surface area contributed by atoms with Crippen LogP contribution < -0.4 is 5.32 Å². The van der Waals surface area contributed by atoms with E-state index in [1.54, 1.807) is 0 Å². The van der Waals surface area contributed by atoms with Gasteiger partial charge in [-0.05, 0) is 38.3 Å². The third kappa shape index (κ3) is 2.70. The lowest BCUT2D eigenvalue weighted by Crippen LogP contribution is -2.30. The van der Waals surface area contributed by atoms with Crippen LogP contribution in [0.3, 0.4) is 0 Å². The van der Waals surface area contributed by atoms with Gasteiger partial charge >= 0.3 is 0 Å². The Bertz CT molecular complexity index is 466. The molecule has 2 fully saturated rings. The summed E-state index contributed by atoms with van der Waals surface area (Å²) in [5.41, 5.74) is 0.500. The van der Waals surface area contributed by atoms with Gasteiger partial charge in [-0.25, -0.2) is 4.68 Å². The van der Waals surface area contributed by atoms with Crippen molar-refractivity contribution in [2.75, 3.05) is 26.2 Å².